The predicted molar refractivity (Wildman–Crippen MR) is 139 cm³/mol. The molecule has 1 saturated heterocycles. The fraction of sp³-hybridized carbons (Fsp3) is 0.793. The zero-order valence-corrected chi connectivity index (χ0v) is 23.3. The van der Waals surface area contributed by atoms with E-state index >= 15 is 8.78 Å². The van der Waals surface area contributed by atoms with Crippen LogP contribution in [0.25, 0.3) is 0 Å². The predicted octanol–water partition coefficient (Wildman–Crippen LogP) is 5.73. The number of hydrogen-bond acceptors (Lipinski definition) is 6. The van der Waals surface area contributed by atoms with Gasteiger partial charge in [-0.1, -0.05) is 39.2 Å². The second-order valence-electron chi connectivity index (χ2n) is 12.6. The summed E-state index contributed by atoms with van der Waals surface area (Å²) >= 11 is 5.89. The van der Waals surface area contributed by atoms with Crippen molar-refractivity contribution in [2.75, 3.05) is 6.61 Å². The maximum atomic E-state index is 17.4. The lowest BCUT2D eigenvalue weighted by Crippen LogP contribution is -2.70. The van der Waals surface area contributed by atoms with E-state index in [1.807, 2.05) is 20.8 Å². The highest BCUT2D eigenvalue weighted by atomic mass is 32.1. The summed E-state index contributed by atoms with van der Waals surface area (Å²) in [4.78, 5) is 12.1. The van der Waals surface area contributed by atoms with Gasteiger partial charge in [-0.3, -0.25) is 4.79 Å². The minimum absolute atomic E-state index is 0.0571. The van der Waals surface area contributed by atoms with Crippen LogP contribution in [0.3, 0.4) is 0 Å². The summed E-state index contributed by atoms with van der Waals surface area (Å²) in [5.74, 6) is -2.48. The van der Waals surface area contributed by atoms with E-state index in [1.165, 1.54) is 18.2 Å². The SMILES string of the molecule is CCCCCCOC(=S)[C@@]12OC(C)(C)O[C@@H]1C[C@H]1[C@@H]3C[C@H](F)C4=CC(=O)C=C[C@]4(C)[C@@]3(F)[C@@H](O)C[C@@]12C. The molecule has 8 heteroatoms. The van der Waals surface area contributed by atoms with Crippen LogP contribution >= 0.6 is 12.2 Å². The molecule has 1 heterocycles. The molecule has 4 fully saturated rings. The maximum Gasteiger partial charge on any atom is 0.195 e. The first kappa shape index (κ1) is 27.4. The van der Waals surface area contributed by atoms with Crippen molar-refractivity contribution in [1.82, 2.24) is 0 Å². The van der Waals surface area contributed by atoms with Gasteiger partial charge >= 0.3 is 0 Å². The monoisotopic (exact) mass is 538 g/mol. The number of fused-ring (bicyclic) bond motifs is 7. The molecule has 3 saturated carbocycles. The summed E-state index contributed by atoms with van der Waals surface area (Å²) in [5.41, 5.74) is -5.46. The summed E-state index contributed by atoms with van der Waals surface area (Å²) in [5, 5.41) is 11.9. The van der Waals surface area contributed by atoms with E-state index < -0.39 is 52.2 Å². The molecule has 0 radical (unpaired) electrons. The molecule has 0 amide bonds. The van der Waals surface area contributed by atoms with E-state index in [-0.39, 0.29) is 35.2 Å². The maximum absolute atomic E-state index is 17.4. The molecule has 1 aliphatic heterocycles. The van der Waals surface area contributed by atoms with E-state index in [0.717, 1.165) is 25.7 Å². The quantitative estimate of drug-likeness (QED) is 0.344. The van der Waals surface area contributed by atoms with E-state index in [0.29, 0.717) is 13.0 Å². The van der Waals surface area contributed by atoms with E-state index in [4.69, 9.17) is 26.4 Å². The van der Waals surface area contributed by atoms with Crippen LogP contribution in [-0.4, -0.2) is 58.0 Å². The number of alkyl halides is 2. The summed E-state index contributed by atoms with van der Waals surface area (Å²) in [6.07, 6.45) is 5.04. The number of halogens is 2. The average Bonchev–Trinajstić information content (AvgIpc) is 3.23. The molecule has 0 spiro atoms. The van der Waals surface area contributed by atoms with Gasteiger partial charge in [0.2, 0.25) is 0 Å². The van der Waals surface area contributed by atoms with Gasteiger partial charge < -0.3 is 19.3 Å². The molecule has 0 aromatic carbocycles. The molecule has 4 aliphatic carbocycles. The molecule has 0 unspecified atom stereocenters. The third kappa shape index (κ3) is 3.61. The van der Waals surface area contributed by atoms with Crippen molar-refractivity contribution in [3.8, 4) is 0 Å². The van der Waals surface area contributed by atoms with Crippen molar-refractivity contribution in [3.05, 3.63) is 23.8 Å². The van der Waals surface area contributed by atoms with Crippen molar-refractivity contribution >= 4 is 23.1 Å². The lowest BCUT2D eigenvalue weighted by molar-refractivity contribution is -0.241. The van der Waals surface area contributed by atoms with Crippen LogP contribution in [0.2, 0.25) is 0 Å². The van der Waals surface area contributed by atoms with Crippen molar-refractivity contribution in [1.29, 1.82) is 0 Å². The highest BCUT2D eigenvalue weighted by molar-refractivity contribution is 7.80. The molecular formula is C29H40F2O5S. The zero-order valence-electron chi connectivity index (χ0n) is 22.5. The molecule has 5 aliphatic rings. The number of aliphatic hydroxyl groups excluding tert-OH is 1. The molecule has 206 valence electrons. The lowest BCUT2D eigenvalue weighted by atomic mass is 9.44. The Balaban J connectivity index is 1.53. The Hall–Kier alpha value is -1.22. The highest BCUT2D eigenvalue weighted by Crippen LogP contribution is 2.72. The van der Waals surface area contributed by atoms with E-state index in [9.17, 15) is 9.90 Å². The zero-order chi connectivity index (χ0) is 27.0. The van der Waals surface area contributed by atoms with Crippen LogP contribution in [-0.2, 0) is 19.0 Å². The molecular weight excluding hydrogens is 498 g/mol. The van der Waals surface area contributed by atoms with Crippen LogP contribution < -0.4 is 0 Å². The normalized spacial score (nSPS) is 47.5. The Kier molecular flexibility index (Phi) is 6.58. The fourth-order valence-corrected chi connectivity index (χ4v) is 8.94. The van der Waals surface area contributed by atoms with Crippen LogP contribution in [0, 0.1) is 22.7 Å². The van der Waals surface area contributed by atoms with Crippen LogP contribution in [0.15, 0.2) is 23.8 Å². The average molecular weight is 539 g/mol. The number of ether oxygens (including phenoxy) is 3. The summed E-state index contributed by atoms with van der Waals surface area (Å²) in [6, 6.07) is 0. The topological polar surface area (TPSA) is 65.0 Å². The van der Waals surface area contributed by atoms with Crippen LogP contribution in [0.5, 0.6) is 0 Å². The second-order valence-corrected chi connectivity index (χ2v) is 13.0. The number of ketones is 1. The number of thiocarbonyl (C=S) groups is 1. The Morgan fingerprint density at radius 3 is 2.62 bits per heavy atom. The highest BCUT2D eigenvalue weighted by Gasteiger charge is 2.80. The van der Waals surface area contributed by atoms with Crippen molar-refractivity contribution in [2.45, 2.75) is 115 Å². The summed E-state index contributed by atoms with van der Waals surface area (Å²) in [6.45, 7) is 9.83. The molecule has 0 bridgehead atoms. The number of carbonyl (C=O) groups excluding carboxylic acids is 1. The van der Waals surface area contributed by atoms with Crippen molar-refractivity contribution in [3.63, 3.8) is 0 Å². The minimum atomic E-state index is -2.15. The Morgan fingerprint density at radius 1 is 1.19 bits per heavy atom. The minimum Gasteiger partial charge on any atom is -0.484 e. The van der Waals surface area contributed by atoms with Gasteiger partial charge in [-0.25, -0.2) is 8.78 Å². The molecule has 37 heavy (non-hydrogen) atoms. The Bertz CT molecular complexity index is 1040. The first-order valence-electron chi connectivity index (χ1n) is 13.8. The van der Waals surface area contributed by atoms with E-state index in [1.54, 1.807) is 6.92 Å². The smallest absolute Gasteiger partial charge is 0.195 e. The van der Waals surface area contributed by atoms with E-state index in [2.05, 4.69) is 6.92 Å². The van der Waals surface area contributed by atoms with Gasteiger partial charge in [-0.05, 0) is 82.3 Å². The van der Waals surface area contributed by atoms with Gasteiger partial charge in [-0.2, -0.15) is 0 Å². The summed E-state index contributed by atoms with van der Waals surface area (Å²) in [7, 11) is 0. The Labute approximate surface area is 224 Å². The molecule has 0 aromatic heterocycles. The number of hydrogen-bond donors (Lipinski definition) is 1. The van der Waals surface area contributed by atoms with Crippen molar-refractivity contribution < 1.29 is 32.9 Å². The molecule has 9 atom stereocenters. The molecule has 5 nitrogen and oxygen atoms in total. The second kappa shape index (κ2) is 8.90. The van der Waals surface area contributed by atoms with Gasteiger partial charge in [0.05, 0.1) is 18.8 Å². The van der Waals surface area contributed by atoms with Crippen LogP contribution in [0.1, 0.15) is 79.6 Å². The number of carbonyl (C=O) groups is 1. The van der Waals surface area contributed by atoms with Gasteiger partial charge in [0, 0.05) is 16.7 Å². The third-order valence-corrected chi connectivity index (χ3v) is 10.6. The Morgan fingerprint density at radius 2 is 1.92 bits per heavy atom. The number of rotatable bonds is 6. The van der Waals surface area contributed by atoms with Gasteiger partial charge in [0.15, 0.2) is 27.9 Å². The van der Waals surface area contributed by atoms with Gasteiger partial charge in [-0.15, -0.1) is 0 Å². The first-order valence-corrected chi connectivity index (χ1v) is 14.2. The largest absolute Gasteiger partial charge is 0.484 e. The van der Waals surface area contributed by atoms with Gasteiger partial charge in [0.25, 0.3) is 0 Å². The summed E-state index contributed by atoms with van der Waals surface area (Å²) < 4.78 is 52.3. The van der Waals surface area contributed by atoms with Crippen LogP contribution in [0.4, 0.5) is 8.78 Å². The number of aliphatic hydroxyl groups is 1. The molecule has 0 aromatic rings. The lowest BCUT2D eigenvalue weighted by Gasteiger charge is -2.63. The van der Waals surface area contributed by atoms with Crippen molar-refractivity contribution in [2.24, 2.45) is 22.7 Å². The molecule has 1 N–H and O–H groups in total. The molecule has 5 rings (SSSR count). The first-order chi connectivity index (χ1) is 17.3. The number of unbranched alkanes of at least 4 members (excludes halogenated alkanes) is 3. The third-order valence-electron chi connectivity index (χ3n) is 10.2. The standard InChI is InChI=1S/C29H40F2O5S/c1-6-7-8-9-12-34-24(37)29-23(35-25(2,3)36-29)15-18-19-14-21(30)20-13-17(32)10-11-26(20,4)28(19,31)22(33)16-27(18,29)5/h10-11,13,18-19,21-23,33H,6-9,12,14-16H2,1-5H3/t18-,19-,21-,22-,23+,26-,27-,28-,29-/m0/s1. The van der Waals surface area contributed by atoms with Gasteiger partial charge in [0.1, 0.15) is 6.17 Å². The number of allylic oxidation sites excluding steroid dienone is 4. The fourth-order valence-electron chi connectivity index (χ4n) is 8.45.